The van der Waals surface area contributed by atoms with Crippen LogP contribution in [0, 0.1) is 0 Å². The highest BCUT2D eigenvalue weighted by Gasteiger charge is 2.32. The standard InChI is InChI=1S/C25H24N2O5/c1-27(23(24(29)31-2)12-16-11-17(28)14-26-13-16)25(30)32-15-22-20-9-5-3-7-18(20)19-8-4-6-10-21(19)22/h3-11,13-14,22-23,28H,12,15H2,1-2H3/t23-/m0/s1. The number of fused-ring (bicyclic) bond motifs is 3. The van der Waals surface area contributed by atoms with Crippen LogP contribution < -0.4 is 0 Å². The van der Waals surface area contributed by atoms with E-state index in [1.165, 1.54) is 37.5 Å². The molecule has 32 heavy (non-hydrogen) atoms. The number of rotatable bonds is 6. The summed E-state index contributed by atoms with van der Waals surface area (Å²) in [5.41, 5.74) is 5.10. The molecule has 0 saturated carbocycles. The van der Waals surface area contributed by atoms with E-state index >= 15 is 0 Å². The van der Waals surface area contributed by atoms with Gasteiger partial charge in [0.25, 0.3) is 0 Å². The van der Waals surface area contributed by atoms with E-state index in [2.05, 4.69) is 17.1 Å². The Morgan fingerprint density at radius 3 is 2.28 bits per heavy atom. The fraction of sp³-hybridized carbons (Fsp3) is 0.240. The summed E-state index contributed by atoms with van der Waals surface area (Å²) < 4.78 is 10.5. The van der Waals surface area contributed by atoms with Gasteiger partial charge in [-0.25, -0.2) is 9.59 Å². The number of aromatic nitrogens is 1. The Morgan fingerprint density at radius 2 is 1.69 bits per heavy atom. The lowest BCUT2D eigenvalue weighted by Crippen LogP contribution is -2.45. The van der Waals surface area contributed by atoms with E-state index in [1.807, 2.05) is 36.4 Å². The molecule has 164 valence electrons. The molecule has 0 radical (unpaired) electrons. The van der Waals surface area contributed by atoms with Crippen molar-refractivity contribution in [3.63, 3.8) is 0 Å². The number of benzene rings is 2. The smallest absolute Gasteiger partial charge is 0.410 e. The highest BCUT2D eigenvalue weighted by Crippen LogP contribution is 2.44. The van der Waals surface area contributed by atoms with Crippen LogP contribution in [-0.4, -0.2) is 53.9 Å². The molecule has 0 aliphatic heterocycles. The van der Waals surface area contributed by atoms with Gasteiger partial charge in [0.05, 0.1) is 13.3 Å². The fourth-order valence-electron chi connectivity index (χ4n) is 4.15. The van der Waals surface area contributed by atoms with Crippen LogP contribution in [-0.2, 0) is 20.7 Å². The molecular formula is C25H24N2O5. The predicted molar refractivity (Wildman–Crippen MR) is 118 cm³/mol. The van der Waals surface area contributed by atoms with Crippen molar-refractivity contribution in [2.45, 2.75) is 18.4 Å². The maximum atomic E-state index is 12.9. The zero-order chi connectivity index (χ0) is 22.7. The zero-order valence-corrected chi connectivity index (χ0v) is 17.9. The molecule has 1 atom stereocenters. The van der Waals surface area contributed by atoms with E-state index in [-0.39, 0.29) is 24.7 Å². The summed E-state index contributed by atoms with van der Waals surface area (Å²) in [5, 5.41) is 9.65. The van der Waals surface area contributed by atoms with Gasteiger partial charge in [-0.2, -0.15) is 0 Å². The second-order valence-electron chi connectivity index (χ2n) is 7.71. The molecule has 4 rings (SSSR count). The van der Waals surface area contributed by atoms with Crippen LogP contribution in [0.15, 0.2) is 67.0 Å². The molecular weight excluding hydrogens is 408 g/mol. The summed E-state index contributed by atoms with van der Waals surface area (Å²) in [4.78, 5) is 30.4. The van der Waals surface area contributed by atoms with Crippen molar-refractivity contribution in [3.8, 4) is 16.9 Å². The highest BCUT2D eigenvalue weighted by molar-refractivity contribution is 5.82. The lowest BCUT2D eigenvalue weighted by Gasteiger charge is -2.26. The number of pyridine rings is 1. The van der Waals surface area contributed by atoms with Crippen LogP contribution >= 0.6 is 0 Å². The summed E-state index contributed by atoms with van der Waals surface area (Å²) in [6.45, 7) is 0.152. The summed E-state index contributed by atoms with van der Waals surface area (Å²) in [6, 6.07) is 16.7. The molecule has 3 aromatic rings. The number of hydrogen-bond acceptors (Lipinski definition) is 6. The molecule has 1 aliphatic rings. The fourth-order valence-corrected chi connectivity index (χ4v) is 4.15. The first-order valence-electron chi connectivity index (χ1n) is 10.3. The van der Waals surface area contributed by atoms with Crippen molar-refractivity contribution in [3.05, 3.63) is 83.7 Å². The van der Waals surface area contributed by atoms with Crippen molar-refractivity contribution in [2.75, 3.05) is 20.8 Å². The monoisotopic (exact) mass is 432 g/mol. The largest absolute Gasteiger partial charge is 0.506 e. The normalized spacial score (nSPS) is 13.1. The minimum absolute atomic E-state index is 0.0186. The van der Waals surface area contributed by atoms with Crippen LogP contribution in [0.4, 0.5) is 4.79 Å². The van der Waals surface area contributed by atoms with Crippen molar-refractivity contribution >= 4 is 12.1 Å². The number of methoxy groups -OCH3 is 1. The summed E-state index contributed by atoms with van der Waals surface area (Å²) in [6.07, 6.45) is 2.33. The number of carbonyl (C=O) groups excluding carboxylic acids is 2. The first kappa shape index (κ1) is 21.4. The van der Waals surface area contributed by atoms with E-state index in [0.717, 1.165) is 22.3 Å². The molecule has 1 N–H and O–H groups in total. The Hall–Kier alpha value is -3.87. The summed E-state index contributed by atoms with van der Waals surface area (Å²) >= 11 is 0. The average Bonchev–Trinajstić information content (AvgIpc) is 3.14. The second-order valence-corrected chi connectivity index (χ2v) is 7.71. The molecule has 1 aliphatic carbocycles. The Balaban J connectivity index is 1.49. The molecule has 0 unspecified atom stereocenters. The number of carbonyl (C=O) groups is 2. The highest BCUT2D eigenvalue weighted by atomic mass is 16.6. The molecule has 0 saturated heterocycles. The molecule has 7 heteroatoms. The Labute approximate surface area is 186 Å². The minimum atomic E-state index is -0.917. The number of aromatic hydroxyl groups is 1. The summed E-state index contributed by atoms with van der Waals surface area (Å²) in [7, 11) is 2.76. The van der Waals surface area contributed by atoms with E-state index in [0.29, 0.717) is 5.56 Å². The van der Waals surface area contributed by atoms with Gasteiger partial charge in [-0.1, -0.05) is 48.5 Å². The first-order valence-corrected chi connectivity index (χ1v) is 10.3. The molecule has 1 amide bonds. The van der Waals surface area contributed by atoms with Crippen LogP contribution in [0.5, 0.6) is 5.75 Å². The lowest BCUT2D eigenvalue weighted by atomic mass is 9.98. The van der Waals surface area contributed by atoms with Gasteiger partial charge in [-0.05, 0) is 33.9 Å². The third-order valence-corrected chi connectivity index (χ3v) is 5.77. The van der Waals surface area contributed by atoms with Crippen LogP contribution in [0.1, 0.15) is 22.6 Å². The van der Waals surface area contributed by atoms with Crippen molar-refractivity contribution in [1.82, 2.24) is 9.88 Å². The molecule has 0 spiro atoms. The molecule has 0 bridgehead atoms. The third-order valence-electron chi connectivity index (χ3n) is 5.77. The molecule has 1 heterocycles. The molecule has 7 nitrogen and oxygen atoms in total. The molecule has 1 aromatic heterocycles. The van der Waals surface area contributed by atoms with Gasteiger partial charge < -0.3 is 14.6 Å². The quantitative estimate of drug-likeness (QED) is 0.597. The van der Waals surface area contributed by atoms with E-state index in [1.54, 1.807) is 0 Å². The number of likely N-dealkylation sites (N-methyl/N-ethyl adjacent to an activating group) is 1. The van der Waals surface area contributed by atoms with Gasteiger partial charge >= 0.3 is 12.1 Å². The third kappa shape index (κ3) is 4.14. The number of hydrogen-bond donors (Lipinski definition) is 1. The van der Waals surface area contributed by atoms with Crippen molar-refractivity contribution in [2.24, 2.45) is 0 Å². The Bertz CT molecular complexity index is 1100. The molecule has 2 aromatic carbocycles. The number of esters is 1. The Kier molecular flexibility index (Phi) is 6.07. The number of nitrogens with zero attached hydrogens (tertiary/aromatic N) is 2. The van der Waals surface area contributed by atoms with Crippen molar-refractivity contribution < 1.29 is 24.2 Å². The molecule has 0 fully saturated rings. The van der Waals surface area contributed by atoms with Crippen LogP contribution in [0.25, 0.3) is 11.1 Å². The van der Waals surface area contributed by atoms with E-state index < -0.39 is 18.1 Å². The Morgan fingerprint density at radius 1 is 1.06 bits per heavy atom. The van der Waals surface area contributed by atoms with Gasteiger partial charge in [0.1, 0.15) is 18.4 Å². The van der Waals surface area contributed by atoms with Crippen molar-refractivity contribution in [1.29, 1.82) is 0 Å². The van der Waals surface area contributed by atoms with E-state index in [4.69, 9.17) is 9.47 Å². The predicted octanol–water partition coefficient (Wildman–Crippen LogP) is 3.75. The van der Waals surface area contributed by atoms with Crippen LogP contribution in [0.3, 0.4) is 0 Å². The SMILES string of the molecule is COC(=O)[C@H](Cc1cncc(O)c1)N(C)C(=O)OCC1c2ccccc2-c2ccccc21. The van der Waals surface area contributed by atoms with Gasteiger partial charge in [0, 0.05) is 25.6 Å². The van der Waals surface area contributed by atoms with Gasteiger partial charge in [-0.15, -0.1) is 0 Å². The lowest BCUT2D eigenvalue weighted by molar-refractivity contribution is -0.145. The maximum absolute atomic E-state index is 12.9. The first-order chi connectivity index (χ1) is 15.5. The second kappa shape index (κ2) is 9.09. The van der Waals surface area contributed by atoms with E-state index in [9.17, 15) is 14.7 Å². The maximum Gasteiger partial charge on any atom is 0.410 e. The number of ether oxygens (including phenoxy) is 2. The van der Waals surface area contributed by atoms with Gasteiger partial charge in [0.15, 0.2) is 0 Å². The average molecular weight is 432 g/mol. The van der Waals surface area contributed by atoms with Gasteiger partial charge in [-0.3, -0.25) is 9.88 Å². The summed E-state index contributed by atoms with van der Waals surface area (Å²) in [5.74, 6) is -0.675. The zero-order valence-electron chi connectivity index (χ0n) is 17.9. The number of amides is 1. The topological polar surface area (TPSA) is 89.0 Å². The van der Waals surface area contributed by atoms with Gasteiger partial charge in [0.2, 0.25) is 0 Å². The van der Waals surface area contributed by atoms with Crippen LogP contribution in [0.2, 0.25) is 0 Å². The minimum Gasteiger partial charge on any atom is -0.506 e.